The average Bonchev–Trinajstić information content (AvgIpc) is 3.13. The minimum absolute atomic E-state index is 0.0872. The summed E-state index contributed by atoms with van der Waals surface area (Å²) in [5, 5.41) is 4.73. The quantitative estimate of drug-likeness (QED) is 0.791. The van der Waals surface area contributed by atoms with Crippen molar-refractivity contribution in [1.29, 1.82) is 0 Å². The summed E-state index contributed by atoms with van der Waals surface area (Å²) in [6.45, 7) is 1.45. The fraction of sp³-hybridized carbons (Fsp3) is 0.316. The zero-order chi connectivity index (χ0) is 18.5. The molecule has 2 heterocycles. The summed E-state index contributed by atoms with van der Waals surface area (Å²) >= 11 is 1.66. The minimum atomic E-state index is -0.941. The number of benzene rings is 1. The maximum Gasteiger partial charge on any atom is 0.306 e. The van der Waals surface area contributed by atoms with Crippen molar-refractivity contribution >= 4 is 40.5 Å². The molecule has 0 fully saturated rings. The van der Waals surface area contributed by atoms with Gasteiger partial charge in [0.15, 0.2) is 6.10 Å². The van der Waals surface area contributed by atoms with E-state index in [1.54, 1.807) is 35.6 Å². The van der Waals surface area contributed by atoms with E-state index in [2.05, 4.69) is 5.32 Å². The van der Waals surface area contributed by atoms with Gasteiger partial charge < -0.3 is 10.1 Å². The fourth-order valence-electron chi connectivity index (χ4n) is 2.82. The first-order valence-electron chi connectivity index (χ1n) is 8.46. The summed E-state index contributed by atoms with van der Waals surface area (Å²) in [6.07, 6.45) is 0.805. The van der Waals surface area contributed by atoms with Gasteiger partial charge >= 0.3 is 5.97 Å². The van der Waals surface area contributed by atoms with Gasteiger partial charge in [0.25, 0.3) is 5.91 Å². The van der Waals surface area contributed by atoms with Gasteiger partial charge in [-0.25, -0.2) is 0 Å². The van der Waals surface area contributed by atoms with E-state index in [-0.39, 0.29) is 18.9 Å². The molecule has 0 radical (unpaired) electrons. The lowest BCUT2D eigenvalue weighted by Crippen LogP contribution is -2.47. The number of rotatable bonds is 6. The van der Waals surface area contributed by atoms with Crippen LogP contribution in [0.3, 0.4) is 0 Å². The summed E-state index contributed by atoms with van der Waals surface area (Å²) in [5.41, 5.74) is 1.18. The Morgan fingerprint density at radius 3 is 2.85 bits per heavy atom. The normalized spacial score (nSPS) is 14.3. The summed E-state index contributed by atoms with van der Waals surface area (Å²) in [6, 6.07) is 11.1. The first kappa shape index (κ1) is 18.1. The van der Waals surface area contributed by atoms with Gasteiger partial charge in [0, 0.05) is 11.3 Å². The Kier molecular flexibility index (Phi) is 5.68. The second-order valence-corrected chi connectivity index (χ2v) is 7.09. The molecule has 0 saturated carbocycles. The maximum absolute atomic E-state index is 12.7. The number of hydrogen-bond donors (Lipinski definition) is 1. The number of nitrogens with zero attached hydrogens (tertiary/aromatic N) is 1. The molecule has 26 heavy (non-hydrogen) atoms. The van der Waals surface area contributed by atoms with Crippen LogP contribution in [0.2, 0.25) is 0 Å². The number of carbonyl (C=O) groups excluding carboxylic acids is 3. The van der Waals surface area contributed by atoms with Crippen LogP contribution in [0.25, 0.3) is 0 Å². The fourth-order valence-corrected chi connectivity index (χ4v) is 3.57. The number of para-hydroxylation sites is 2. The molecule has 1 atom stereocenters. The van der Waals surface area contributed by atoms with Crippen molar-refractivity contribution in [3.63, 3.8) is 0 Å². The Bertz CT molecular complexity index is 804. The van der Waals surface area contributed by atoms with Crippen molar-refractivity contribution in [3.8, 4) is 0 Å². The van der Waals surface area contributed by atoms with Crippen LogP contribution in [0.1, 0.15) is 24.6 Å². The highest BCUT2D eigenvalue weighted by molar-refractivity contribution is 7.09. The first-order valence-corrected chi connectivity index (χ1v) is 9.34. The van der Waals surface area contributed by atoms with Gasteiger partial charge in [0.1, 0.15) is 6.54 Å². The lowest BCUT2D eigenvalue weighted by Gasteiger charge is -2.30. The van der Waals surface area contributed by atoms with Crippen LogP contribution < -0.4 is 10.2 Å². The first-order chi connectivity index (χ1) is 12.5. The number of fused-ring (bicyclic) bond motifs is 1. The molecule has 1 aliphatic rings. The molecule has 0 aliphatic carbocycles. The topological polar surface area (TPSA) is 75.7 Å². The molecule has 1 aromatic carbocycles. The van der Waals surface area contributed by atoms with Gasteiger partial charge in [0.2, 0.25) is 5.91 Å². The number of anilines is 2. The van der Waals surface area contributed by atoms with Gasteiger partial charge in [-0.15, -0.1) is 11.3 Å². The van der Waals surface area contributed by atoms with E-state index >= 15 is 0 Å². The smallest absolute Gasteiger partial charge is 0.306 e. The molecule has 0 spiro atoms. The van der Waals surface area contributed by atoms with Crippen molar-refractivity contribution < 1.29 is 19.1 Å². The highest BCUT2D eigenvalue weighted by Gasteiger charge is 2.31. The molecular formula is C19H20N2O4S. The molecule has 1 N–H and O–H groups in total. The lowest BCUT2D eigenvalue weighted by atomic mass is 10.1. The number of ether oxygens (including phenoxy) is 1. The molecule has 0 bridgehead atoms. The molecule has 2 amide bonds. The molecule has 1 aliphatic heterocycles. The van der Waals surface area contributed by atoms with Gasteiger partial charge in [-0.1, -0.05) is 18.2 Å². The molecule has 3 rings (SSSR count). The van der Waals surface area contributed by atoms with Crippen LogP contribution in [-0.2, 0) is 25.5 Å². The summed E-state index contributed by atoms with van der Waals surface area (Å²) in [4.78, 5) is 39.1. The zero-order valence-corrected chi connectivity index (χ0v) is 15.3. The molecule has 136 valence electrons. The van der Waals surface area contributed by atoms with E-state index in [9.17, 15) is 14.4 Å². The Hall–Kier alpha value is -2.67. The zero-order valence-electron chi connectivity index (χ0n) is 14.4. The van der Waals surface area contributed by atoms with Gasteiger partial charge in [-0.05, 0) is 43.3 Å². The van der Waals surface area contributed by atoms with E-state index in [1.165, 1.54) is 16.7 Å². The van der Waals surface area contributed by atoms with E-state index in [0.717, 1.165) is 6.42 Å². The number of aryl methyl sites for hydroxylation is 1. The van der Waals surface area contributed by atoms with Crippen LogP contribution in [-0.4, -0.2) is 30.4 Å². The third kappa shape index (κ3) is 4.29. The third-order valence-electron chi connectivity index (χ3n) is 4.08. The second-order valence-electron chi connectivity index (χ2n) is 6.05. The third-order valence-corrected chi connectivity index (χ3v) is 5.01. The minimum Gasteiger partial charge on any atom is -0.453 e. The molecule has 7 heteroatoms. The summed E-state index contributed by atoms with van der Waals surface area (Å²) in [7, 11) is 0. The lowest BCUT2D eigenvalue weighted by molar-refractivity contribution is -0.154. The number of amides is 2. The number of thiophene rings is 1. The Labute approximate surface area is 155 Å². The molecule has 0 unspecified atom stereocenters. The second kappa shape index (κ2) is 8.14. The Morgan fingerprint density at radius 1 is 1.27 bits per heavy atom. The Morgan fingerprint density at radius 2 is 2.08 bits per heavy atom. The average molecular weight is 372 g/mol. The predicted molar refractivity (Wildman–Crippen MR) is 100 cm³/mol. The monoisotopic (exact) mass is 372 g/mol. The van der Waals surface area contributed by atoms with Crippen LogP contribution in [0, 0.1) is 0 Å². The van der Waals surface area contributed by atoms with Gasteiger partial charge in [0.05, 0.1) is 11.4 Å². The van der Waals surface area contributed by atoms with E-state index in [1.807, 2.05) is 17.5 Å². The van der Waals surface area contributed by atoms with Crippen LogP contribution >= 0.6 is 11.3 Å². The summed E-state index contributed by atoms with van der Waals surface area (Å²) < 4.78 is 5.28. The SMILES string of the molecule is C[C@H](OC(=O)CCCc1cccs1)C(=O)N1CC(=O)Nc2ccccc21. The highest BCUT2D eigenvalue weighted by Crippen LogP contribution is 2.29. The van der Waals surface area contributed by atoms with Crippen molar-refractivity contribution in [3.05, 3.63) is 46.7 Å². The molecule has 2 aromatic rings. The van der Waals surface area contributed by atoms with Gasteiger partial charge in [-0.2, -0.15) is 0 Å². The van der Waals surface area contributed by atoms with Crippen molar-refractivity contribution in [1.82, 2.24) is 0 Å². The number of esters is 1. The van der Waals surface area contributed by atoms with Crippen molar-refractivity contribution in [2.45, 2.75) is 32.3 Å². The molecular weight excluding hydrogens is 352 g/mol. The summed E-state index contributed by atoms with van der Waals surface area (Å²) in [5.74, 6) is -1.08. The number of carbonyl (C=O) groups is 3. The predicted octanol–water partition coefficient (Wildman–Crippen LogP) is 2.99. The highest BCUT2D eigenvalue weighted by atomic mass is 32.1. The maximum atomic E-state index is 12.7. The Balaban J connectivity index is 1.56. The standard InChI is InChI=1S/C19H20N2O4S/c1-13(25-18(23)10-4-6-14-7-5-11-26-14)19(24)21-12-17(22)20-15-8-2-3-9-16(15)21/h2-3,5,7-9,11,13H,4,6,10,12H2,1H3,(H,20,22)/t13-/m0/s1. The van der Waals surface area contributed by atoms with Crippen LogP contribution in [0.4, 0.5) is 11.4 Å². The molecule has 0 saturated heterocycles. The van der Waals surface area contributed by atoms with E-state index < -0.39 is 18.0 Å². The largest absolute Gasteiger partial charge is 0.453 e. The van der Waals surface area contributed by atoms with Crippen molar-refractivity contribution in [2.24, 2.45) is 0 Å². The number of hydrogen-bond acceptors (Lipinski definition) is 5. The van der Waals surface area contributed by atoms with Crippen LogP contribution in [0.5, 0.6) is 0 Å². The molecule has 6 nitrogen and oxygen atoms in total. The van der Waals surface area contributed by atoms with E-state index in [0.29, 0.717) is 17.8 Å². The van der Waals surface area contributed by atoms with Crippen molar-refractivity contribution in [2.75, 3.05) is 16.8 Å². The number of nitrogens with one attached hydrogen (secondary N) is 1. The molecule has 1 aromatic heterocycles. The van der Waals surface area contributed by atoms with E-state index in [4.69, 9.17) is 4.74 Å². The van der Waals surface area contributed by atoms with Crippen LogP contribution in [0.15, 0.2) is 41.8 Å². The van der Waals surface area contributed by atoms with Gasteiger partial charge in [-0.3, -0.25) is 19.3 Å².